The summed E-state index contributed by atoms with van der Waals surface area (Å²) < 4.78 is 1.68. The minimum Gasteiger partial charge on any atom is -0.303 e. The molecule has 1 aliphatic heterocycles. The van der Waals surface area contributed by atoms with E-state index in [-0.39, 0.29) is 11.5 Å². The summed E-state index contributed by atoms with van der Waals surface area (Å²) in [7, 11) is 0. The van der Waals surface area contributed by atoms with Gasteiger partial charge in [-0.1, -0.05) is 24.4 Å². The van der Waals surface area contributed by atoms with Crippen LogP contribution >= 0.6 is 22.9 Å². The predicted molar refractivity (Wildman–Crippen MR) is 98.3 cm³/mol. The number of nitrogens with zero attached hydrogens (tertiary/aromatic N) is 2. The highest BCUT2D eigenvalue weighted by Gasteiger charge is 2.28. The van der Waals surface area contributed by atoms with Crippen LogP contribution in [0.15, 0.2) is 10.4 Å². The Balaban J connectivity index is 2.01. The lowest BCUT2D eigenvalue weighted by Crippen LogP contribution is -2.29. The van der Waals surface area contributed by atoms with Crippen LogP contribution in [0.5, 0.6) is 0 Å². The maximum Gasteiger partial charge on any atom is 0.262 e. The normalized spacial score (nSPS) is 20.6. The smallest absolute Gasteiger partial charge is 0.262 e. The first kappa shape index (κ1) is 16.7. The first-order valence-electron chi connectivity index (χ1n) is 8.51. The Morgan fingerprint density at radius 2 is 2.04 bits per heavy atom. The van der Waals surface area contributed by atoms with Crippen molar-refractivity contribution in [3.05, 3.63) is 32.2 Å². The molecule has 1 unspecified atom stereocenters. The summed E-state index contributed by atoms with van der Waals surface area (Å²) in [5.41, 5.74) is 1.39. The molecule has 1 aliphatic carbocycles. The fourth-order valence-electron chi connectivity index (χ4n) is 3.76. The summed E-state index contributed by atoms with van der Waals surface area (Å²) in [6.45, 7) is 0.592. The van der Waals surface area contributed by atoms with E-state index in [0.717, 1.165) is 48.7 Å². The zero-order chi connectivity index (χ0) is 17.6. The van der Waals surface area contributed by atoms with Gasteiger partial charge >= 0.3 is 0 Å². The molecule has 0 saturated carbocycles. The van der Waals surface area contributed by atoms with Gasteiger partial charge in [-0.05, 0) is 31.2 Å². The average Bonchev–Trinajstić information content (AvgIpc) is 2.97. The Kier molecular flexibility index (Phi) is 4.33. The van der Waals surface area contributed by atoms with Gasteiger partial charge < -0.3 is 4.79 Å². The molecule has 7 heteroatoms. The average molecular weight is 377 g/mol. The van der Waals surface area contributed by atoms with E-state index in [1.165, 1.54) is 11.3 Å². The summed E-state index contributed by atoms with van der Waals surface area (Å²) in [6, 6.07) is 0. The molecule has 3 heterocycles. The standard InChI is InChI=1S/C18H17ClN2O3S/c19-14-10(8-22)5-6-12-13-17(25-15(12)14)20-16-11(9-23)4-2-1-3-7-21(16)18(13)24/h8-9,11H,1-7H2. The lowest BCUT2D eigenvalue weighted by Gasteiger charge is -2.20. The van der Waals surface area contributed by atoms with E-state index in [9.17, 15) is 14.4 Å². The predicted octanol–water partition coefficient (Wildman–Crippen LogP) is 3.41. The van der Waals surface area contributed by atoms with Crippen LogP contribution in [0.2, 0.25) is 0 Å². The third kappa shape index (κ3) is 2.59. The van der Waals surface area contributed by atoms with Gasteiger partial charge in [0.2, 0.25) is 0 Å². The van der Waals surface area contributed by atoms with Crippen LogP contribution in [0.3, 0.4) is 0 Å². The minimum atomic E-state index is -0.340. The van der Waals surface area contributed by atoms with Crippen molar-refractivity contribution in [1.29, 1.82) is 0 Å². The number of aldehydes is 2. The molecular formula is C18H17ClN2O3S. The molecule has 0 amide bonds. The molecule has 2 aliphatic rings. The molecule has 0 saturated heterocycles. The van der Waals surface area contributed by atoms with Crippen LogP contribution in [-0.2, 0) is 22.6 Å². The number of carbonyl (C=O) groups excluding carboxylic acids is 2. The van der Waals surface area contributed by atoms with Crippen LogP contribution in [0.1, 0.15) is 54.3 Å². The van der Waals surface area contributed by atoms with Crippen molar-refractivity contribution in [2.45, 2.75) is 51.0 Å². The van der Waals surface area contributed by atoms with Gasteiger partial charge in [-0.15, -0.1) is 11.3 Å². The van der Waals surface area contributed by atoms with Crippen LogP contribution in [-0.4, -0.2) is 22.1 Å². The SMILES string of the molecule is O=CC1=C(Cl)c2sc3nc4n(c(=O)c3c2CC1)CCCCCC4C=O. The second-order valence-electron chi connectivity index (χ2n) is 6.57. The Hall–Kier alpha value is -1.79. The van der Waals surface area contributed by atoms with Gasteiger partial charge in [0.15, 0.2) is 0 Å². The van der Waals surface area contributed by atoms with Gasteiger partial charge in [-0.25, -0.2) is 4.98 Å². The van der Waals surface area contributed by atoms with Crippen molar-refractivity contribution < 1.29 is 9.59 Å². The maximum atomic E-state index is 13.2. The number of allylic oxidation sites excluding steroid dienone is 1. The summed E-state index contributed by atoms with van der Waals surface area (Å²) in [4.78, 5) is 42.0. The Bertz CT molecular complexity index is 973. The zero-order valence-corrected chi connectivity index (χ0v) is 15.2. The van der Waals surface area contributed by atoms with E-state index in [1.54, 1.807) is 4.57 Å². The second-order valence-corrected chi connectivity index (χ2v) is 7.94. The number of hydrogen-bond donors (Lipinski definition) is 0. The van der Waals surface area contributed by atoms with E-state index in [1.807, 2.05) is 0 Å². The Labute approximate surface area is 153 Å². The maximum absolute atomic E-state index is 13.2. The molecule has 4 rings (SSSR count). The van der Waals surface area contributed by atoms with Gasteiger partial charge in [0.25, 0.3) is 5.56 Å². The van der Waals surface area contributed by atoms with E-state index < -0.39 is 0 Å². The summed E-state index contributed by atoms with van der Waals surface area (Å²) in [5, 5.41) is 1.04. The number of thiophene rings is 1. The lowest BCUT2D eigenvalue weighted by atomic mass is 9.96. The molecule has 5 nitrogen and oxygen atoms in total. The quantitative estimate of drug-likeness (QED) is 0.753. The fraction of sp³-hybridized carbons (Fsp3) is 0.444. The fourth-order valence-corrected chi connectivity index (χ4v) is 5.33. The highest BCUT2D eigenvalue weighted by atomic mass is 35.5. The Morgan fingerprint density at radius 3 is 2.80 bits per heavy atom. The molecular weight excluding hydrogens is 360 g/mol. The minimum absolute atomic E-state index is 0.0785. The topological polar surface area (TPSA) is 69.0 Å². The van der Waals surface area contributed by atoms with Crippen molar-refractivity contribution in [2.75, 3.05) is 0 Å². The van der Waals surface area contributed by atoms with Gasteiger partial charge in [0, 0.05) is 12.1 Å². The van der Waals surface area contributed by atoms with Gasteiger partial charge in [-0.2, -0.15) is 0 Å². The molecule has 0 radical (unpaired) electrons. The first-order valence-corrected chi connectivity index (χ1v) is 9.70. The van der Waals surface area contributed by atoms with Gasteiger partial charge in [0.1, 0.15) is 23.2 Å². The van der Waals surface area contributed by atoms with Crippen molar-refractivity contribution in [3.63, 3.8) is 0 Å². The summed E-state index contributed by atoms with van der Waals surface area (Å²) in [6.07, 6.45) is 6.46. The van der Waals surface area contributed by atoms with Crippen molar-refractivity contribution in [3.8, 4) is 0 Å². The second kappa shape index (κ2) is 6.50. The highest BCUT2D eigenvalue weighted by molar-refractivity contribution is 7.20. The van der Waals surface area contributed by atoms with Crippen molar-refractivity contribution >= 4 is 50.8 Å². The molecule has 0 fully saturated rings. The summed E-state index contributed by atoms with van der Waals surface area (Å²) in [5.74, 6) is 0.231. The number of aromatic nitrogens is 2. The molecule has 25 heavy (non-hydrogen) atoms. The molecule has 0 aromatic carbocycles. The van der Waals surface area contributed by atoms with Gasteiger partial charge in [0.05, 0.1) is 21.2 Å². The zero-order valence-electron chi connectivity index (χ0n) is 13.6. The monoisotopic (exact) mass is 376 g/mol. The lowest BCUT2D eigenvalue weighted by molar-refractivity contribution is -0.109. The molecule has 0 N–H and O–H groups in total. The van der Waals surface area contributed by atoms with E-state index in [2.05, 4.69) is 0 Å². The number of halogens is 1. The highest BCUT2D eigenvalue weighted by Crippen LogP contribution is 2.42. The van der Waals surface area contributed by atoms with E-state index in [4.69, 9.17) is 16.6 Å². The van der Waals surface area contributed by atoms with Crippen molar-refractivity contribution in [1.82, 2.24) is 9.55 Å². The van der Waals surface area contributed by atoms with E-state index >= 15 is 0 Å². The number of carbonyl (C=O) groups is 2. The third-order valence-corrected chi connectivity index (χ3v) is 6.79. The molecule has 130 valence electrons. The Morgan fingerprint density at radius 1 is 1.20 bits per heavy atom. The summed E-state index contributed by atoms with van der Waals surface area (Å²) >= 11 is 7.72. The molecule has 2 aromatic rings. The first-order chi connectivity index (χ1) is 12.2. The van der Waals surface area contributed by atoms with Crippen LogP contribution < -0.4 is 5.56 Å². The number of aryl methyl sites for hydroxylation is 1. The number of fused-ring (bicyclic) bond motifs is 4. The molecule has 0 bridgehead atoms. The van der Waals surface area contributed by atoms with E-state index in [0.29, 0.717) is 46.0 Å². The molecule has 2 aromatic heterocycles. The third-order valence-electron chi connectivity index (χ3n) is 5.10. The van der Waals surface area contributed by atoms with Crippen LogP contribution in [0.4, 0.5) is 0 Å². The molecule has 0 spiro atoms. The van der Waals surface area contributed by atoms with Gasteiger partial charge in [-0.3, -0.25) is 14.2 Å². The number of rotatable bonds is 2. The van der Waals surface area contributed by atoms with Crippen LogP contribution in [0.25, 0.3) is 15.2 Å². The molecule has 1 atom stereocenters. The largest absolute Gasteiger partial charge is 0.303 e. The van der Waals surface area contributed by atoms with Crippen molar-refractivity contribution in [2.24, 2.45) is 0 Å². The van der Waals surface area contributed by atoms with Crippen LogP contribution in [0, 0.1) is 0 Å². The number of hydrogen-bond acceptors (Lipinski definition) is 5.